The second-order valence-corrected chi connectivity index (χ2v) is 4.16. The first kappa shape index (κ1) is 9.93. The molecule has 0 spiro atoms. The maximum Gasteiger partial charge on any atom is 0.220 e. The van der Waals surface area contributed by atoms with Gasteiger partial charge in [0.1, 0.15) is 0 Å². The van der Waals surface area contributed by atoms with Crippen LogP contribution in [0.5, 0.6) is 0 Å². The number of rotatable bonds is 3. The van der Waals surface area contributed by atoms with Gasteiger partial charge in [0.2, 0.25) is 5.91 Å². The maximum atomic E-state index is 10.9. The highest BCUT2D eigenvalue weighted by Gasteiger charge is 2.23. The molecule has 0 aromatic rings. The molecule has 2 fully saturated rings. The average Bonchev–Trinajstić information content (AvgIpc) is 2.63. The van der Waals surface area contributed by atoms with Gasteiger partial charge in [-0.1, -0.05) is 0 Å². The van der Waals surface area contributed by atoms with E-state index in [1.807, 2.05) is 0 Å². The second kappa shape index (κ2) is 4.75. The van der Waals surface area contributed by atoms with Gasteiger partial charge >= 0.3 is 0 Å². The standard InChI is InChI=1S/C10H18N2O2/c13-10-5-8(6-12-10)7-14-9-1-3-11-4-2-9/h8-9,11H,1-7H2,(H,12,13)/t8-/m1/s1. The Kier molecular flexibility index (Phi) is 3.37. The normalized spacial score (nSPS) is 29.1. The molecule has 0 saturated carbocycles. The van der Waals surface area contributed by atoms with Gasteiger partial charge in [-0.3, -0.25) is 4.79 Å². The van der Waals surface area contributed by atoms with Crippen molar-refractivity contribution in [3.8, 4) is 0 Å². The van der Waals surface area contributed by atoms with Gasteiger partial charge in [-0.2, -0.15) is 0 Å². The maximum absolute atomic E-state index is 10.9. The Bertz CT molecular complexity index is 202. The number of piperidine rings is 1. The zero-order valence-electron chi connectivity index (χ0n) is 8.42. The largest absolute Gasteiger partial charge is 0.378 e. The molecule has 2 heterocycles. The first-order chi connectivity index (χ1) is 6.84. The Morgan fingerprint density at radius 1 is 1.36 bits per heavy atom. The van der Waals surface area contributed by atoms with Crippen LogP contribution in [0.4, 0.5) is 0 Å². The van der Waals surface area contributed by atoms with Crippen molar-refractivity contribution >= 4 is 5.91 Å². The van der Waals surface area contributed by atoms with Gasteiger partial charge in [-0.15, -0.1) is 0 Å². The van der Waals surface area contributed by atoms with E-state index in [2.05, 4.69) is 10.6 Å². The number of ether oxygens (including phenoxy) is 1. The minimum absolute atomic E-state index is 0.170. The van der Waals surface area contributed by atoms with Crippen molar-refractivity contribution < 1.29 is 9.53 Å². The van der Waals surface area contributed by atoms with Gasteiger partial charge < -0.3 is 15.4 Å². The molecule has 0 aliphatic carbocycles. The number of nitrogens with one attached hydrogen (secondary N) is 2. The topological polar surface area (TPSA) is 50.4 Å². The van der Waals surface area contributed by atoms with Gasteiger partial charge in [0.25, 0.3) is 0 Å². The Labute approximate surface area is 84.4 Å². The third kappa shape index (κ3) is 2.69. The molecule has 4 nitrogen and oxygen atoms in total. The molecule has 0 unspecified atom stereocenters. The number of carbonyl (C=O) groups excluding carboxylic acids is 1. The van der Waals surface area contributed by atoms with Crippen LogP contribution in [0.3, 0.4) is 0 Å². The van der Waals surface area contributed by atoms with E-state index < -0.39 is 0 Å². The Hall–Kier alpha value is -0.610. The molecule has 2 aliphatic rings. The summed E-state index contributed by atoms with van der Waals surface area (Å²) in [6.07, 6.45) is 3.26. The van der Waals surface area contributed by atoms with Crippen LogP contribution < -0.4 is 10.6 Å². The van der Waals surface area contributed by atoms with Crippen LogP contribution in [-0.4, -0.2) is 38.3 Å². The number of amides is 1. The Morgan fingerprint density at radius 3 is 2.79 bits per heavy atom. The molecule has 80 valence electrons. The van der Waals surface area contributed by atoms with Crippen molar-refractivity contribution in [2.45, 2.75) is 25.4 Å². The van der Waals surface area contributed by atoms with Crippen molar-refractivity contribution in [2.75, 3.05) is 26.2 Å². The Balaban J connectivity index is 1.63. The van der Waals surface area contributed by atoms with Crippen LogP contribution in [0.15, 0.2) is 0 Å². The summed E-state index contributed by atoms with van der Waals surface area (Å²) >= 11 is 0. The van der Waals surface area contributed by atoms with E-state index in [0.29, 0.717) is 18.4 Å². The fourth-order valence-corrected chi connectivity index (χ4v) is 2.02. The van der Waals surface area contributed by atoms with Gasteiger partial charge in [0.15, 0.2) is 0 Å². The minimum Gasteiger partial charge on any atom is -0.378 e. The molecule has 0 aromatic carbocycles. The summed E-state index contributed by atoms with van der Waals surface area (Å²) in [5.41, 5.74) is 0. The van der Waals surface area contributed by atoms with Crippen molar-refractivity contribution in [3.63, 3.8) is 0 Å². The van der Waals surface area contributed by atoms with E-state index in [-0.39, 0.29) is 5.91 Å². The van der Waals surface area contributed by atoms with Crippen molar-refractivity contribution in [2.24, 2.45) is 5.92 Å². The van der Waals surface area contributed by atoms with E-state index in [0.717, 1.165) is 39.1 Å². The van der Waals surface area contributed by atoms with E-state index in [1.54, 1.807) is 0 Å². The van der Waals surface area contributed by atoms with Gasteiger partial charge in [0, 0.05) is 18.9 Å². The summed E-state index contributed by atoms with van der Waals surface area (Å²) in [6.45, 7) is 3.66. The van der Waals surface area contributed by atoms with E-state index in [9.17, 15) is 4.79 Å². The molecule has 2 rings (SSSR count). The SMILES string of the molecule is O=C1C[C@@H](COC2CCNCC2)CN1. The molecule has 1 amide bonds. The number of hydrogen-bond donors (Lipinski definition) is 2. The smallest absolute Gasteiger partial charge is 0.220 e. The quantitative estimate of drug-likeness (QED) is 0.665. The van der Waals surface area contributed by atoms with Crippen LogP contribution in [-0.2, 0) is 9.53 Å². The molecule has 2 saturated heterocycles. The van der Waals surface area contributed by atoms with Crippen molar-refractivity contribution in [3.05, 3.63) is 0 Å². The van der Waals surface area contributed by atoms with Gasteiger partial charge in [0.05, 0.1) is 12.7 Å². The molecule has 0 aromatic heterocycles. The molecular weight excluding hydrogens is 180 g/mol. The molecule has 1 atom stereocenters. The summed E-state index contributed by atoms with van der Waals surface area (Å²) in [5, 5.41) is 6.13. The van der Waals surface area contributed by atoms with Gasteiger partial charge in [-0.05, 0) is 25.9 Å². The minimum atomic E-state index is 0.170. The lowest BCUT2D eigenvalue weighted by molar-refractivity contribution is -0.119. The highest BCUT2D eigenvalue weighted by atomic mass is 16.5. The third-order valence-electron chi connectivity index (χ3n) is 2.92. The summed E-state index contributed by atoms with van der Waals surface area (Å²) < 4.78 is 5.78. The third-order valence-corrected chi connectivity index (χ3v) is 2.92. The summed E-state index contributed by atoms with van der Waals surface area (Å²) in [7, 11) is 0. The van der Waals surface area contributed by atoms with Crippen LogP contribution in [0.2, 0.25) is 0 Å². The van der Waals surface area contributed by atoms with Crippen LogP contribution in [0.1, 0.15) is 19.3 Å². The fourth-order valence-electron chi connectivity index (χ4n) is 2.02. The molecule has 2 N–H and O–H groups in total. The lowest BCUT2D eigenvalue weighted by Gasteiger charge is -2.24. The summed E-state index contributed by atoms with van der Waals surface area (Å²) in [6, 6.07) is 0. The highest BCUT2D eigenvalue weighted by molar-refractivity contribution is 5.78. The molecule has 0 bridgehead atoms. The Morgan fingerprint density at radius 2 is 2.14 bits per heavy atom. The predicted molar refractivity (Wildman–Crippen MR) is 53.0 cm³/mol. The molecule has 4 heteroatoms. The molecule has 2 aliphatic heterocycles. The molecular formula is C10H18N2O2. The first-order valence-corrected chi connectivity index (χ1v) is 5.43. The summed E-state index contributed by atoms with van der Waals surface area (Å²) in [5.74, 6) is 0.571. The predicted octanol–water partition coefficient (Wildman–Crippen LogP) is -0.109. The van der Waals surface area contributed by atoms with Crippen molar-refractivity contribution in [1.82, 2.24) is 10.6 Å². The monoisotopic (exact) mass is 198 g/mol. The van der Waals surface area contributed by atoms with Crippen LogP contribution in [0.25, 0.3) is 0 Å². The molecule has 14 heavy (non-hydrogen) atoms. The fraction of sp³-hybridized carbons (Fsp3) is 0.900. The zero-order valence-corrected chi connectivity index (χ0v) is 8.42. The lowest BCUT2D eigenvalue weighted by atomic mass is 10.1. The first-order valence-electron chi connectivity index (χ1n) is 5.43. The molecule has 0 radical (unpaired) electrons. The van der Waals surface area contributed by atoms with Crippen molar-refractivity contribution in [1.29, 1.82) is 0 Å². The lowest BCUT2D eigenvalue weighted by Crippen LogP contribution is -2.33. The van der Waals surface area contributed by atoms with E-state index in [1.165, 1.54) is 0 Å². The number of hydrogen-bond acceptors (Lipinski definition) is 3. The van der Waals surface area contributed by atoms with Crippen LogP contribution >= 0.6 is 0 Å². The number of carbonyl (C=O) groups is 1. The average molecular weight is 198 g/mol. The zero-order chi connectivity index (χ0) is 9.80. The summed E-state index contributed by atoms with van der Waals surface area (Å²) in [4.78, 5) is 10.9. The van der Waals surface area contributed by atoms with Gasteiger partial charge in [-0.25, -0.2) is 0 Å². The second-order valence-electron chi connectivity index (χ2n) is 4.16. The van der Waals surface area contributed by atoms with Crippen LogP contribution in [0, 0.1) is 5.92 Å². The highest BCUT2D eigenvalue weighted by Crippen LogP contribution is 2.13. The van der Waals surface area contributed by atoms with E-state index in [4.69, 9.17) is 4.74 Å². The van der Waals surface area contributed by atoms with E-state index >= 15 is 0 Å².